The van der Waals surface area contributed by atoms with E-state index in [9.17, 15) is 24.5 Å². The SMILES string of the molecule is CCOC(=O)c1c(NC(=O)C(C)Sc2nnc(CNC(=O)c3ccc(C)c([N+](=O)[O-])c3)n2C)sc2c1CCCC2. The summed E-state index contributed by atoms with van der Waals surface area (Å²) in [6, 6.07) is 4.28. The standard InChI is InChI=1S/C26H30N6O6S2/c1-5-38-25(35)21-17-8-6-7-9-19(17)40-24(21)28-22(33)15(3)39-26-30-29-20(31(26)4)13-27-23(34)16-11-10-14(2)18(12-16)32(36)37/h10-12,15H,5-9,13H2,1-4H3,(H,27,34)(H,28,33). The number of thiophene rings is 1. The van der Waals surface area contributed by atoms with Crippen LogP contribution in [0.3, 0.4) is 0 Å². The molecule has 2 heterocycles. The van der Waals surface area contributed by atoms with Crippen LogP contribution in [0, 0.1) is 17.0 Å². The Labute approximate surface area is 239 Å². The van der Waals surface area contributed by atoms with Crippen molar-refractivity contribution in [1.29, 1.82) is 0 Å². The van der Waals surface area contributed by atoms with Gasteiger partial charge in [0.1, 0.15) is 5.00 Å². The fraction of sp³-hybridized carbons (Fsp3) is 0.423. The van der Waals surface area contributed by atoms with Gasteiger partial charge in [-0.25, -0.2) is 4.79 Å². The molecule has 40 heavy (non-hydrogen) atoms. The number of hydrogen-bond acceptors (Lipinski definition) is 10. The monoisotopic (exact) mass is 586 g/mol. The van der Waals surface area contributed by atoms with Crippen molar-refractivity contribution in [1.82, 2.24) is 20.1 Å². The zero-order valence-corrected chi connectivity index (χ0v) is 24.2. The Bertz CT molecular complexity index is 1470. The van der Waals surface area contributed by atoms with E-state index in [0.717, 1.165) is 36.1 Å². The third kappa shape index (κ3) is 6.33. The summed E-state index contributed by atoms with van der Waals surface area (Å²) in [5.74, 6) is -0.740. The lowest BCUT2D eigenvalue weighted by molar-refractivity contribution is -0.385. The number of esters is 1. The van der Waals surface area contributed by atoms with E-state index in [4.69, 9.17) is 4.74 Å². The number of nitro benzene ring substituents is 1. The molecule has 14 heteroatoms. The van der Waals surface area contributed by atoms with Crippen molar-refractivity contribution in [2.24, 2.45) is 7.05 Å². The van der Waals surface area contributed by atoms with E-state index < -0.39 is 22.0 Å². The van der Waals surface area contributed by atoms with Crippen molar-refractivity contribution in [2.45, 2.75) is 63.4 Å². The van der Waals surface area contributed by atoms with E-state index in [1.54, 1.807) is 32.4 Å². The maximum absolute atomic E-state index is 13.1. The number of carbonyl (C=O) groups excluding carboxylic acids is 3. The molecule has 0 spiro atoms. The number of aromatic nitrogens is 3. The molecular weight excluding hydrogens is 556 g/mol. The summed E-state index contributed by atoms with van der Waals surface area (Å²) in [6.45, 7) is 5.38. The quantitative estimate of drug-likeness (QED) is 0.154. The summed E-state index contributed by atoms with van der Waals surface area (Å²) < 4.78 is 6.94. The molecule has 0 fully saturated rings. The van der Waals surface area contributed by atoms with Crippen LogP contribution in [0.2, 0.25) is 0 Å². The molecule has 0 bridgehead atoms. The molecule has 0 radical (unpaired) electrons. The molecule has 3 aromatic rings. The number of rotatable bonds is 10. The van der Waals surface area contributed by atoms with Crippen LogP contribution in [-0.4, -0.2) is 49.3 Å². The third-order valence-electron chi connectivity index (χ3n) is 6.54. The zero-order chi connectivity index (χ0) is 29.0. The van der Waals surface area contributed by atoms with E-state index in [-0.39, 0.29) is 30.3 Å². The number of hydrogen-bond donors (Lipinski definition) is 2. The molecule has 0 aliphatic heterocycles. The van der Waals surface area contributed by atoms with E-state index in [1.807, 2.05) is 0 Å². The highest BCUT2D eigenvalue weighted by atomic mass is 32.2. The fourth-order valence-electron chi connectivity index (χ4n) is 4.31. The summed E-state index contributed by atoms with van der Waals surface area (Å²) in [6.07, 6.45) is 3.72. The maximum atomic E-state index is 13.1. The van der Waals surface area contributed by atoms with Gasteiger partial charge in [-0.15, -0.1) is 21.5 Å². The summed E-state index contributed by atoms with van der Waals surface area (Å²) in [7, 11) is 1.72. The molecule has 1 atom stereocenters. The van der Waals surface area contributed by atoms with Gasteiger partial charge < -0.3 is 19.9 Å². The van der Waals surface area contributed by atoms with E-state index in [1.165, 1.54) is 41.3 Å². The molecule has 12 nitrogen and oxygen atoms in total. The Kier molecular flexibility index (Phi) is 9.20. The van der Waals surface area contributed by atoms with Crippen LogP contribution in [0.5, 0.6) is 0 Å². The molecule has 1 unspecified atom stereocenters. The minimum Gasteiger partial charge on any atom is -0.462 e. The van der Waals surface area contributed by atoms with Crippen LogP contribution in [-0.2, 0) is 36.0 Å². The van der Waals surface area contributed by atoms with Crippen LogP contribution in [0.4, 0.5) is 10.7 Å². The average Bonchev–Trinajstić information content (AvgIpc) is 3.46. The number of fused-ring (bicyclic) bond motifs is 1. The van der Waals surface area contributed by atoms with E-state index >= 15 is 0 Å². The van der Waals surface area contributed by atoms with Gasteiger partial charge in [0.2, 0.25) is 5.91 Å². The molecule has 1 aliphatic rings. The van der Waals surface area contributed by atoms with Crippen LogP contribution in [0.1, 0.15) is 69.2 Å². The second-order valence-corrected chi connectivity index (χ2v) is 11.7. The molecule has 1 aliphatic carbocycles. The Balaban J connectivity index is 1.40. The summed E-state index contributed by atoms with van der Waals surface area (Å²) in [5, 5.41) is 25.5. The lowest BCUT2D eigenvalue weighted by Crippen LogP contribution is -2.25. The Hall–Kier alpha value is -3.78. The normalized spacial score (nSPS) is 13.3. The number of nitrogens with zero attached hydrogens (tertiary/aromatic N) is 4. The van der Waals surface area contributed by atoms with E-state index in [0.29, 0.717) is 27.1 Å². The van der Waals surface area contributed by atoms with Gasteiger partial charge in [-0.3, -0.25) is 19.7 Å². The Morgan fingerprint density at radius 3 is 2.73 bits per heavy atom. The van der Waals surface area contributed by atoms with Crippen molar-refractivity contribution >= 4 is 51.6 Å². The van der Waals surface area contributed by atoms with Gasteiger partial charge in [-0.2, -0.15) is 0 Å². The average molecular weight is 587 g/mol. The fourth-order valence-corrected chi connectivity index (χ4v) is 6.42. The molecule has 0 saturated carbocycles. The van der Waals surface area contributed by atoms with Crippen LogP contribution >= 0.6 is 23.1 Å². The second-order valence-electron chi connectivity index (χ2n) is 9.28. The number of ether oxygens (including phenoxy) is 1. The van der Waals surface area contributed by atoms with Crippen LogP contribution < -0.4 is 10.6 Å². The first-order chi connectivity index (χ1) is 19.1. The van der Waals surface area contributed by atoms with Gasteiger partial charge in [-0.1, -0.05) is 17.8 Å². The highest BCUT2D eigenvalue weighted by molar-refractivity contribution is 8.00. The smallest absolute Gasteiger partial charge is 0.341 e. The topological polar surface area (TPSA) is 158 Å². The van der Waals surface area contributed by atoms with Gasteiger partial charge >= 0.3 is 5.97 Å². The first-order valence-electron chi connectivity index (χ1n) is 12.8. The number of amides is 2. The van der Waals surface area contributed by atoms with Gasteiger partial charge in [0.15, 0.2) is 11.0 Å². The molecule has 1 aromatic carbocycles. The van der Waals surface area contributed by atoms with Crippen LogP contribution in [0.25, 0.3) is 0 Å². The molecule has 0 saturated heterocycles. The first-order valence-corrected chi connectivity index (χ1v) is 14.5. The molecule has 2 N–H and O–H groups in total. The molecule has 4 rings (SSSR count). The molecule has 212 valence electrons. The van der Waals surface area contributed by atoms with E-state index in [2.05, 4.69) is 20.8 Å². The highest BCUT2D eigenvalue weighted by Crippen LogP contribution is 2.39. The summed E-state index contributed by atoms with van der Waals surface area (Å²) in [5.41, 5.74) is 1.94. The number of aryl methyl sites for hydroxylation is 2. The minimum absolute atomic E-state index is 0.0365. The zero-order valence-electron chi connectivity index (χ0n) is 22.6. The van der Waals surface area contributed by atoms with Crippen molar-refractivity contribution < 1.29 is 24.0 Å². The predicted octanol–water partition coefficient (Wildman–Crippen LogP) is 4.20. The number of benzene rings is 1. The van der Waals surface area contributed by atoms with Gasteiger partial charge in [0.25, 0.3) is 11.6 Å². The van der Waals surface area contributed by atoms with Gasteiger partial charge in [0.05, 0.1) is 28.9 Å². The third-order valence-corrected chi connectivity index (χ3v) is 8.88. The predicted molar refractivity (Wildman–Crippen MR) is 151 cm³/mol. The Morgan fingerprint density at radius 2 is 2.00 bits per heavy atom. The molecule has 2 aromatic heterocycles. The van der Waals surface area contributed by atoms with Crippen molar-refractivity contribution in [3.8, 4) is 0 Å². The first kappa shape index (κ1) is 29.2. The lowest BCUT2D eigenvalue weighted by atomic mass is 9.95. The number of nitrogens with one attached hydrogen (secondary N) is 2. The lowest BCUT2D eigenvalue weighted by Gasteiger charge is -2.13. The Morgan fingerprint density at radius 1 is 1.25 bits per heavy atom. The maximum Gasteiger partial charge on any atom is 0.341 e. The highest BCUT2D eigenvalue weighted by Gasteiger charge is 2.29. The number of nitro groups is 1. The number of thioether (sulfide) groups is 1. The van der Waals surface area contributed by atoms with Crippen molar-refractivity contribution in [3.63, 3.8) is 0 Å². The van der Waals surface area contributed by atoms with Crippen molar-refractivity contribution in [3.05, 3.63) is 61.3 Å². The second kappa shape index (κ2) is 12.6. The van der Waals surface area contributed by atoms with Gasteiger partial charge in [-0.05, 0) is 58.1 Å². The number of anilines is 1. The van der Waals surface area contributed by atoms with Crippen molar-refractivity contribution in [2.75, 3.05) is 11.9 Å². The van der Waals surface area contributed by atoms with Gasteiger partial charge in [0, 0.05) is 29.1 Å². The molecule has 2 amide bonds. The molecular formula is C26H30N6O6S2. The number of carbonyl (C=O) groups is 3. The largest absolute Gasteiger partial charge is 0.462 e. The van der Waals surface area contributed by atoms with Crippen LogP contribution in [0.15, 0.2) is 23.4 Å². The minimum atomic E-state index is -0.562. The summed E-state index contributed by atoms with van der Waals surface area (Å²) in [4.78, 5) is 50.1. The summed E-state index contributed by atoms with van der Waals surface area (Å²) >= 11 is 2.63.